The summed E-state index contributed by atoms with van der Waals surface area (Å²) in [6.45, 7) is 3.53. The average molecular weight is 209 g/mol. The zero-order valence-corrected chi connectivity index (χ0v) is 9.26. The van der Waals surface area contributed by atoms with E-state index in [2.05, 4.69) is 16.2 Å². The molecular weight excluding hydrogens is 190 g/mol. The molecule has 0 amide bonds. The van der Waals surface area contributed by atoms with Crippen LogP contribution in [0, 0.1) is 5.92 Å². The number of rotatable bonds is 3. The fourth-order valence-electron chi connectivity index (χ4n) is 2.14. The van der Waals surface area contributed by atoms with Gasteiger partial charge in [-0.25, -0.2) is 0 Å². The van der Waals surface area contributed by atoms with Crippen LogP contribution in [0.15, 0.2) is 12.4 Å². The lowest BCUT2D eigenvalue weighted by molar-refractivity contribution is 0.127. The van der Waals surface area contributed by atoms with Crippen LogP contribution in [-0.2, 0) is 13.6 Å². The van der Waals surface area contributed by atoms with Crippen molar-refractivity contribution in [2.45, 2.75) is 19.4 Å². The molecule has 0 aliphatic carbocycles. The van der Waals surface area contributed by atoms with E-state index in [1.54, 1.807) is 0 Å². The molecule has 1 aliphatic heterocycles. The summed E-state index contributed by atoms with van der Waals surface area (Å²) >= 11 is 0. The van der Waals surface area contributed by atoms with Gasteiger partial charge in [0.15, 0.2) is 0 Å². The predicted octanol–water partition coefficient (Wildman–Crippen LogP) is 0.624. The second-order valence-electron chi connectivity index (χ2n) is 4.42. The molecule has 15 heavy (non-hydrogen) atoms. The first-order valence-corrected chi connectivity index (χ1v) is 5.58. The Hall–Kier alpha value is -0.870. The van der Waals surface area contributed by atoms with Gasteiger partial charge in [0.25, 0.3) is 0 Å². The Morgan fingerprint density at radius 3 is 2.73 bits per heavy atom. The van der Waals surface area contributed by atoms with E-state index in [1.165, 1.54) is 5.56 Å². The van der Waals surface area contributed by atoms with Crippen molar-refractivity contribution in [2.24, 2.45) is 13.0 Å². The monoisotopic (exact) mass is 209 g/mol. The zero-order chi connectivity index (χ0) is 10.7. The average Bonchev–Trinajstić information content (AvgIpc) is 2.65. The molecule has 0 saturated carbocycles. The van der Waals surface area contributed by atoms with Crippen LogP contribution in [0.1, 0.15) is 18.4 Å². The Kier molecular flexibility index (Phi) is 3.38. The number of aryl methyl sites for hydroxylation is 1. The third kappa shape index (κ3) is 2.79. The van der Waals surface area contributed by atoms with E-state index < -0.39 is 0 Å². The van der Waals surface area contributed by atoms with Gasteiger partial charge in [0.1, 0.15) is 0 Å². The fourth-order valence-corrected chi connectivity index (χ4v) is 2.14. The van der Waals surface area contributed by atoms with Gasteiger partial charge in [0.2, 0.25) is 0 Å². The Morgan fingerprint density at radius 2 is 2.20 bits per heavy atom. The molecule has 84 valence electrons. The summed E-state index contributed by atoms with van der Waals surface area (Å²) in [5.74, 6) is 0.523. The minimum absolute atomic E-state index is 0.348. The van der Waals surface area contributed by atoms with Gasteiger partial charge in [0, 0.05) is 32.0 Å². The third-order valence-corrected chi connectivity index (χ3v) is 3.13. The fraction of sp³-hybridized carbons (Fsp3) is 0.727. The molecule has 1 aliphatic rings. The zero-order valence-electron chi connectivity index (χ0n) is 9.26. The van der Waals surface area contributed by atoms with Crippen molar-refractivity contribution in [1.29, 1.82) is 0 Å². The molecule has 1 saturated heterocycles. The molecule has 4 nitrogen and oxygen atoms in total. The van der Waals surface area contributed by atoms with Gasteiger partial charge in [0.05, 0.1) is 6.20 Å². The van der Waals surface area contributed by atoms with Crippen molar-refractivity contribution in [1.82, 2.24) is 14.7 Å². The van der Waals surface area contributed by atoms with Crippen molar-refractivity contribution in [3.8, 4) is 0 Å². The lowest BCUT2D eigenvalue weighted by atomic mass is 9.98. The maximum absolute atomic E-state index is 9.04. The molecule has 1 aromatic heterocycles. The van der Waals surface area contributed by atoms with Gasteiger partial charge in [-0.05, 0) is 31.8 Å². The summed E-state index contributed by atoms with van der Waals surface area (Å²) < 4.78 is 1.84. The van der Waals surface area contributed by atoms with Crippen LogP contribution in [0.25, 0.3) is 0 Å². The van der Waals surface area contributed by atoms with Crippen LogP contribution in [0.5, 0.6) is 0 Å². The summed E-state index contributed by atoms with van der Waals surface area (Å²) in [4.78, 5) is 2.43. The van der Waals surface area contributed by atoms with E-state index >= 15 is 0 Å². The molecule has 1 aromatic rings. The van der Waals surface area contributed by atoms with Crippen molar-refractivity contribution in [2.75, 3.05) is 19.7 Å². The Morgan fingerprint density at radius 1 is 1.47 bits per heavy atom. The number of aromatic nitrogens is 2. The largest absolute Gasteiger partial charge is 0.396 e. The first kappa shape index (κ1) is 10.6. The molecule has 0 bridgehead atoms. The van der Waals surface area contributed by atoms with Crippen molar-refractivity contribution < 1.29 is 5.11 Å². The Bertz CT molecular complexity index is 303. The molecule has 2 heterocycles. The van der Waals surface area contributed by atoms with E-state index in [9.17, 15) is 0 Å². The minimum atomic E-state index is 0.348. The van der Waals surface area contributed by atoms with Crippen molar-refractivity contribution in [3.05, 3.63) is 18.0 Å². The van der Waals surface area contributed by atoms with E-state index in [4.69, 9.17) is 5.11 Å². The van der Waals surface area contributed by atoms with E-state index in [0.717, 1.165) is 32.5 Å². The number of hydrogen-bond acceptors (Lipinski definition) is 3. The lowest BCUT2D eigenvalue weighted by Crippen LogP contribution is -2.34. The number of aliphatic hydroxyl groups excluding tert-OH is 1. The van der Waals surface area contributed by atoms with Crippen LogP contribution in [0.2, 0.25) is 0 Å². The number of likely N-dealkylation sites (tertiary alicyclic amines) is 1. The van der Waals surface area contributed by atoms with Gasteiger partial charge in [-0.15, -0.1) is 0 Å². The molecule has 2 rings (SSSR count). The summed E-state index contributed by atoms with van der Waals surface area (Å²) in [5, 5.41) is 13.2. The number of piperidine rings is 1. The molecule has 4 heteroatoms. The highest BCUT2D eigenvalue weighted by atomic mass is 16.3. The van der Waals surface area contributed by atoms with Gasteiger partial charge < -0.3 is 5.11 Å². The molecular formula is C11H19N3O. The molecule has 1 N–H and O–H groups in total. The highest BCUT2D eigenvalue weighted by Crippen LogP contribution is 2.17. The van der Waals surface area contributed by atoms with Crippen LogP contribution < -0.4 is 0 Å². The first-order chi connectivity index (χ1) is 7.28. The Labute approximate surface area is 90.5 Å². The summed E-state index contributed by atoms with van der Waals surface area (Å²) in [7, 11) is 1.95. The highest BCUT2D eigenvalue weighted by molar-refractivity contribution is 5.03. The SMILES string of the molecule is Cn1cc(CN2CCC(CO)CC2)cn1. The molecule has 0 atom stereocenters. The summed E-state index contributed by atoms with van der Waals surface area (Å²) in [6, 6.07) is 0. The molecule has 1 fully saturated rings. The summed E-state index contributed by atoms with van der Waals surface area (Å²) in [5.41, 5.74) is 1.28. The van der Waals surface area contributed by atoms with E-state index in [0.29, 0.717) is 12.5 Å². The standard InChI is InChI=1S/C11H19N3O/c1-13-7-11(6-12-13)8-14-4-2-10(9-15)3-5-14/h6-7,10,15H,2-5,8-9H2,1H3. The molecule has 0 aromatic carbocycles. The number of hydrogen-bond donors (Lipinski definition) is 1. The highest BCUT2D eigenvalue weighted by Gasteiger charge is 2.18. The quantitative estimate of drug-likeness (QED) is 0.793. The van der Waals surface area contributed by atoms with Gasteiger partial charge in [-0.1, -0.05) is 0 Å². The minimum Gasteiger partial charge on any atom is -0.396 e. The van der Waals surface area contributed by atoms with Crippen molar-refractivity contribution in [3.63, 3.8) is 0 Å². The van der Waals surface area contributed by atoms with Crippen molar-refractivity contribution >= 4 is 0 Å². The predicted molar refractivity (Wildman–Crippen MR) is 58.3 cm³/mol. The smallest absolute Gasteiger partial charge is 0.0534 e. The van der Waals surface area contributed by atoms with Gasteiger partial charge in [-0.3, -0.25) is 9.58 Å². The van der Waals surface area contributed by atoms with Crippen LogP contribution in [-0.4, -0.2) is 39.5 Å². The maximum atomic E-state index is 9.04. The normalized spacial score (nSPS) is 19.6. The molecule has 0 unspecified atom stereocenters. The second kappa shape index (κ2) is 4.77. The van der Waals surface area contributed by atoms with Crippen LogP contribution in [0.4, 0.5) is 0 Å². The number of aliphatic hydroxyl groups is 1. The lowest BCUT2D eigenvalue weighted by Gasteiger charge is -2.30. The van der Waals surface area contributed by atoms with Gasteiger partial charge >= 0.3 is 0 Å². The van der Waals surface area contributed by atoms with E-state index in [-0.39, 0.29) is 0 Å². The third-order valence-electron chi connectivity index (χ3n) is 3.13. The second-order valence-corrected chi connectivity index (χ2v) is 4.42. The van der Waals surface area contributed by atoms with E-state index in [1.807, 2.05) is 17.9 Å². The maximum Gasteiger partial charge on any atom is 0.0534 e. The van der Waals surface area contributed by atoms with Crippen LogP contribution in [0.3, 0.4) is 0 Å². The topological polar surface area (TPSA) is 41.3 Å². The summed E-state index contributed by atoms with van der Waals surface area (Å²) in [6.07, 6.45) is 6.24. The van der Waals surface area contributed by atoms with Crippen LogP contribution >= 0.6 is 0 Å². The molecule has 0 radical (unpaired) electrons. The van der Waals surface area contributed by atoms with Gasteiger partial charge in [-0.2, -0.15) is 5.10 Å². The number of nitrogens with zero attached hydrogens (tertiary/aromatic N) is 3. The molecule has 0 spiro atoms. The first-order valence-electron chi connectivity index (χ1n) is 5.58. The Balaban J connectivity index is 1.82.